The lowest BCUT2D eigenvalue weighted by molar-refractivity contribution is -0.274. The molecule has 3 rings (SSSR count). The van der Waals surface area contributed by atoms with Gasteiger partial charge in [0.1, 0.15) is 5.75 Å². The molecule has 0 saturated carbocycles. The molecular weight excluding hydrogens is 343 g/mol. The van der Waals surface area contributed by atoms with Gasteiger partial charge in [0.25, 0.3) is 5.91 Å². The molecule has 9 heteroatoms. The number of alkyl halides is 3. The summed E-state index contributed by atoms with van der Waals surface area (Å²) in [5, 5.41) is 11.2. The molecule has 2 heterocycles. The van der Waals surface area contributed by atoms with Crippen LogP contribution < -0.4 is 10.1 Å². The zero-order chi connectivity index (χ0) is 17.2. The van der Waals surface area contributed by atoms with Crippen molar-refractivity contribution in [2.24, 2.45) is 0 Å². The number of carbonyl (C=O) groups is 1. The molecule has 1 aromatic carbocycles. The lowest BCUT2D eigenvalue weighted by Gasteiger charge is -2.09. The molecule has 3 aromatic rings. The third-order valence-electron chi connectivity index (χ3n) is 2.94. The molecule has 0 atom stereocenters. The summed E-state index contributed by atoms with van der Waals surface area (Å²) in [7, 11) is 0. The highest BCUT2D eigenvalue weighted by Crippen LogP contribution is 2.25. The number of carbonyl (C=O) groups excluding carboxylic acids is 1. The zero-order valence-electron chi connectivity index (χ0n) is 11.9. The van der Waals surface area contributed by atoms with Gasteiger partial charge in [-0.25, -0.2) is 0 Å². The second-order valence-corrected chi connectivity index (χ2v) is 5.62. The summed E-state index contributed by atoms with van der Waals surface area (Å²) in [5.41, 5.74) is 1.22. The van der Waals surface area contributed by atoms with Crippen molar-refractivity contribution in [2.45, 2.75) is 6.36 Å². The second kappa shape index (κ2) is 6.36. The summed E-state index contributed by atoms with van der Waals surface area (Å²) in [4.78, 5) is 13.0. The number of halogens is 3. The average Bonchev–Trinajstić information content (AvgIpc) is 3.18. The van der Waals surface area contributed by atoms with Crippen molar-refractivity contribution in [3.63, 3.8) is 0 Å². The highest BCUT2D eigenvalue weighted by Gasteiger charge is 2.30. The van der Waals surface area contributed by atoms with E-state index >= 15 is 0 Å². The lowest BCUT2D eigenvalue weighted by Crippen LogP contribution is -2.17. The number of thiophene rings is 1. The van der Waals surface area contributed by atoms with E-state index in [2.05, 4.69) is 20.3 Å². The molecular formula is C15H10F3N3O2S. The van der Waals surface area contributed by atoms with Gasteiger partial charge >= 0.3 is 6.36 Å². The predicted octanol–water partition coefficient (Wildman–Crippen LogP) is 4.29. The van der Waals surface area contributed by atoms with Gasteiger partial charge in [-0.1, -0.05) is 6.07 Å². The van der Waals surface area contributed by atoms with Crippen molar-refractivity contribution >= 4 is 22.9 Å². The van der Waals surface area contributed by atoms with Crippen LogP contribution in [0.5, 0.6) is 5.75 Å². The molecule has 0 bridgehead atoms. The van der Waals surface area contributed by atoms with Gasteiger partial charge in [0.05, 0.1) is 10.6 Å². The van der Waals surface area contributed by atoms with E-state index in [4.69, 9.17) is 0 Å². The molecule has 0 spiro atoms. The minimum Gasteiger partial charge on any atom is -0.406 e. The van der Waals surface area contributed by atoms with Gasteiger partial charge in [0, 0.05) is 5.69 Å². The first-order chi connectivity index (χ1) is 11.4. The number of nitrogens with zero attached hydrogens (tertiary/aromatic N) is 1. The Morgan fingerprint density at radius 3 is 2.58 bits per heavy atom. The van der Waals surface area contributed by atoms with E-state index < -0.39 is 12.3 Å². The van der Waals surface area contributed by atoms with Crippen molar-refractivity contribution < 1.29 is 22.7 Å². The van der Waals surface area contributed by atoms with Crippen molar-refractivity contribution in [3.8, 4) is 16.3 Å². The number of anilines is 1. The van der Waals surface area contributed by atoms with Crippen LogP contribution in [-0.2, 0) is 0 Å². The summed E-state index contributed by atoms with van der Waals surface area (Å²) in [6.45, 7) is 0. The van der Waals surface area contributed by atoms with Crippen molar-refractivity contribution in [1.82, 2.24) is 10.2 Å². The summed E-state index contributed by atoms with van der Waals surface area (Å²) < 4.78 is 40.0. The molecule has 0 aliphatic heterocycles. The molecule has 2 N–H and O–H groups in total. The molecule has 24 heavy (non-hydrogen) atoms. The number of hydrogen-bond acceptors (Lipinski definition) is 4. The maximum absolute atomic E-state index is 12.1. The molecule has 2 aromatic heterocycles. The van der Waals surface area contributed by atoms with Gasteiger partial charge in [-0.2, -0.15) is 5.10 Å². The Labute approximate surface area is 138 Å². The first-order valence-corrected chi connectivity index (χ1v) is 7.55. The van der Waals surface area contributed by atoms with Crippen molar-refractivity contribution in [3.05, 3.63) is 53.5 Å². The normalized spacial score (nSPS) is 11.3. The third-order valence-corrected chi connectivity index (χ3v) is 3.85. The average molecular weight is 353 g/mol. The molecule has 0 aliphatic rings. The molecule has 0 unspecified atom stereocenters. The zero-order valence-corrected chi connectivity index (χ0v) is 12.7. The standard InChI is InChI=1S/C15H10F3N3O2S/c16-15(17,18)23-10-5-3-9(4-6-10)19-14(22)12-8-11(20-21-12)13-2-1-7-24-13/h1-8H,(H,19,22)(H,20,21). The number of rotatable bonds is 4. The monoisotopic (exact) mass is 353 g/mol. The van der Waals surface area contributed by atoms with Crippen LogP contribution in [0.1, 0.15) is 10.5 Å². The Balaban J connectivity index is 1.66. The van der Waals surface area contributed by atoms with Crippen LogP contribution in [0.2, 0.25) is 0 Å². The first-order valence-electron chi connectivity index (χ1n) is 6.67. The van der Waals surface area contributed by atoms with E-state index in [1.807, 2.05) is 17.5 Å². The molecule has 0 saturated heterocycles. The molecule has 0 aliphatic carbocycles. The maximum atomic E-state index is 12.1. The first kappa shape index (κ1) is 16.1. The number of aromatic amines is 1. The van der Waals surface area contributed by atoms with Crippen LogP contribution in [0.25, 0.3) is 10.6 Å². The summed E-state index contributed by atoms with van der Waals surface area (Å²) >= 11 is 1.50. The molecule has 0 fully saturated rings. The fraction of sp³-hybridized carbons (Fsp3) is 0.0667. The fourth-order valence-corrected chi connectivity index (χ4v) is 2.62. The number of aromatic nitrogens is 2. The van der Waals surface area contributed by atoms with E-state index in [0.29, 0.717) is 11.4 Å². The van der Waals surface area contributed by atoms with Gasteiger partial charge in [-0.05, 0) is 41.8 Å². The van der Waals surface area contributed by atoms with Gasteiger partial charge in [0.15, 0.2) is 5.69 Å². The fourth-order valence-electron chi connectivity index (χ4n) is 1.93. The Morgan fingerprint density at radius 2 is 1.96 bits per heavy atom. The smallest absolute Gasteiger partial charge is 0.406 e. The largest absolute Gasteiger partial charge is 0.573 e. The molecule has 124 valence electrons. The maximum Gasteiger partial charge on any atom is 0.573 e. The third kappa shape index (κ3) is 3.93. The van der Waals surface area contributed by atoms with Crippen LogP contribution in [0.15, 0.2) is 47.8 Å². The summed E-state index contributed by atoms with van der Waals surface area (Å²) in [6, 6.07) is 10.2. The quantitative estimate of drug-likeness (QED) is 0.735. The van der Waals surface area contributed by atoms with Crippen LogP contribution in [0, 0.1) is 0 Å². The van der Waals surface area contributed by atoms with Crippen molar-refractivity contribution in [1.29, 1.82) is 0 Å². The minimum absolute atomic E-state index is 0.175. The van der Waals surface area contributed by atoms with Crippen LogP contribution in [0.3, 0.4) is 0 Å². The Kier molecular flexibility index (Phi) is 4.26. The predicted molar refractivity (Wildman–Crippen MR) is 83.0 cm³/mol. The van der Waals surface area contributed by atoms with Gasteiger partial charge < -0.3 is 10.1 Å². The van der Waals surface area contributed by atoms with E-state index in [9.17, 15) is 18.0 Å². The van der Waals surface area contributed by atoms with E-state index in [1.54, 1.807) is 6.07 Å². The highest BCUT2D eigenvalue weighted by atomic mass is 32.1. The number of ether oxygens (including phenoxy) is 1. The molecule has 1 amide bonds. The molecule has 5 nitrogen and oxygen atoms in total. The van der Waals surface area contributed by atoms with Gasteiger partial charge in [0.2, 0.25) is 0 Å². The Bertz CT molecular complexity index is 827. The Hall–Kier alpha value is -2.81. The summed E-state index contributed by atoms with van der Waals surface area (Å²) in [5.74, 6) is -0.834. The second-order valence-electron chi connectivity index (χ2n) is 4.67. The summed E-state index contributed by atoms with van der Waals surface area (Å²) in [6.07, 6.45) is -4.75. The number of H-pyrrole nitrogens is 1. The SMILES string of the molecule is O=C(Nc1ccc(OC(F)(F)F)cc1)c1cc(-c2cccs2)[nH]n1. The van der Waals surface area contributed by atoms with E-state index in [-0.39, 0.29) is 11.4 Å². The Morgan fingerprint density at radius 1 is 1.21 bits per heavy atom. The number of amides is 1. The van der Waals surface area contributed by atoms with Crippen molar-refractivity contribution in [2.75, 3.05) is 5.32 Å². The van der Waals surface area contributed by atoms with E-state index in [0.717, 1.165) is 17.0 Å². The van der Waals surface area contributed by atoms with E-state index in [1.165, 1.54) is 23.5 Å². The van der Waals surface area contributed by atoms with Crippen LogP contribution in [0.4, 0.5) is 18.9 Å². The number of benzene rings is 1. The van der Waals surface area contributed by atoms with Gasteiger partial charge in [-0.15, -0.1) is 24.5 Å². The number of hydrogen-bond donors (Lipinski definition) is 2. The molecule has 0 radical (unpaired) electrons. The topological polar surface area (TPSA) is 67.0 Å². The van der Waals surface area contributed by atoms with Gasteiger partial charge in [-0.3, -0.25) is 9.89 Å². The van der Waals surface area contributed by atoms with Crippen LogP contribution in [-0.4, -0.2) is 22.5 Å². The lowest BCUT2D eigenvalue weighted by atomic mass is 10.2. The highest BCUT2D eigenvalue weighted by molar-refractivity contribution is 7.13. The number of nitrogens with one attached hydrogen (secondary N) is 2. The minimum atomic E-state index is -4.75. The van der Waals surface area contributed by atoms with Crippen LogP contribution >= 0.6 is 11.3 Å².